The van der Waals surface area contributed by atoms with Crippen molar-refractivity contribution in [1.29, 1.82) is 0 Å². The average molecular weight is 227 g/mol. The van der Waals surface area contributed by atoms with Gasteiger partial charge in [-0.3, -0.25) is 10.1 Å². The second kappa shape index (κ2) is 5.06. The van der Waals surface area contributed by atoms with Crippen molar-refractivity contribution in [2.24, 2.45) is 0 Å². The monoisotopic (exact) mass is 227 g/mol. The van der Waals surface area contributed by atoms with E-state index in [-0.39, 0.29) is 5.69 Å². The third kappa shape index (κ3) is 2.66. The van der Waals surface area contributed by atoms with E-state index in [0.717, 1.165) is 6.07 Å². The van der Waals surface area contributed by atoms with Gasteiger partial charge in [-0.05, 0) is 19.1 Å². The van der Waals surface area contributed by atoms with Crippen molar-refractivity contribution >= 4 is 17.4 Å². The maximum atomic E-state index is 13.1. The molecule has 2 amide bonds. The van der Waals surface area contributed by atoms with Gasteiger partial charge in [0.15, 0.2) is 0 Å². The third-order valence-corrected chi connectivity index (χ3v) is 1.75. The van der Waals surface area contributed by atoms with Crippen LogP contribution in [0, 0.1) is 15.9 Å². The smallest absolute Gasteiger partial charge is 0.328 e. The number of hydrogen-bond donors (Lipinski definition) is 2. The van der Waals surface area contributed by atoms with Crippen LogP contribution in [0.25, 0.3) is 0 Å². The molecule has 0 unspecified atom stereocenters. The molecule has 7 heteroatoms. The summed E-state index contributed by atoms with van der Waals surface area (Å²) in [5.74, 6) is -0.987. The summed E-state index contributed by atoms with van der Waals surface area (Å²) in [5.41, 5.74) is -0.912. The molecule has 0 fully saturated rings. The fourth-order valence-electron chi connectivity index (χ4n) is 1.13. The Balaban J connectivity index is 3.00. The van der Waals surface area contributed by atoms with Crippen LogP contribution in [0.15, 0.2) is 18.2 Å². The van der Waals surface area contributed by atoms with Crippen LogP contribution in [-0.4, -0.2) is 17.5 Å². The molecule has 1 aromatic carbocycles. The lowest BCUT2D eigenvalue weighted by Gasteiger charge is -2.06. The topological polar surface area (TPSA) is 84.3 Å². The highest BCUT2D eigenvalue weighted by Crippen LogP contribution is 2.26. The Bertz CT molecular complexity index is 422. The number of nitrogens with one attached hydrogen (secondary N) is 2. The van der Waals surface area contributed by atoms with Gasteiger partial charge in [0.2, 0.25) is 5.82 Å². The number of nitro benzene ring substituents is 1. The van der Waals surface area contributed by atoms with Gasteiger partial charge in [-0.2, -0.15) is 4.39 Å². The number of halogens is 1. The maximum Gasteiger partial charge on any atom is 0.328 e. The number of anilines is 1. The molecule has 0 aliphatic carbocycles. The Hall–Kier alpha value is -2.18. The standard InChI is InChI=1S/C9H10FN3O3/c1-2-11-9(14)12-7-5-3-4-6(10)8(7)13(15)16/h3-5H,2H2,1H3,(H2,11,12,14). The first-order valence-corrected chi connectivity index (χ1v) is 4.54. The van der Waals surface area contributed by atoms with Crippen LogP contribution in [0.2, 0.25) is 0 Å². The third-order valence-electron chi connectivity index (χ3n) is 1.75. The molecule has 0 aliphatic heterocycles. The normalized spacial score (nSPS) is 9.62. The molecule has 2 N–H and O–H groups in total. The van der Waals surface area contributed by atoms with Crippen LogP contribution < -0.4 is 10.6 Å². The fraction of sp³-hybridized carbons (Fsp3) is 0.222. The van der Waals surface area contributed by atoms with Crippen LogP contribution in [-0.2, 0) is 0 Å². The number of carbonyl (C=O) groups is 1. The van der Waals surface area contributed by atoms with Crippen molar-refractivity contribution < 1.29 is 14.1 Å². The van der Waals surface area contributed by atoms with Crippen LogP contribution in [0.3, 0.4) is 0 Å². The first-order chi connectivity index (χ1) is 7.56. The van der Waals surface area contributed by atoms with Crippen LogP contribution in [0.1, 0.15) is 6.92 Å². The van der Waals surface area contributed by atoms with Gasteiger partial charge in [0, 0.05) is 6.54 Å². The Morgan fingerprint density at radius 2 is 2.25 bits per heavy atom. The quantitative estimate of drug-likeness (QED) is 0.610. The van der Waals surface area contributed by atoms with Crippen molar-refractivity contribution in [3.8, 4) is 0 Å². The molecule has 0 heterocycles. The lowest BCUT2D eigenvalue weighted by molar-refractivity contribution is -0.386. The van der Waals surface area contributed by atoms with Crippen molar-refractivity contribution in [1.82, 2.24) is 5.32 Å². The van der Waals surface area contributed by atoms with Crippen LogP contribution >= 0.6 is 0 Å². The molecular formula is C9H10FN3O3. The molecule has 86 valence electrons. The summed E-state index contributed by atoms with van der Waals surface area (Å²) in [5, 5.41) is 15.2. The van der Waals surface area contributed by atoms with Gasteiger partial charge in [0.1, 0.15) is 5.69 Å². The number of nitro groups is 1. The lowest BCUT2D eigenvalue weighted by Crippen LogP contribution is -2.28. The van der Waals surface area contributed by atoms with Crippen LogP contribution in [0.4, 0.5) is 20.6 Å². The molecule has 1 rings (SSSR count). The highest BCUT2D eigenvalue weighted by molar-refractivity contribution is 5.91. The lowest BCUT2D eigenvalue weighted by atomic mass is 10.2. The van der Waals surface area contributed by atoms with Gasteiger partial charge >= 0.3 is 11.7 Å². The zero-order chi connectivity index (χ0) is 12.1. The molecule has 1 aromatic rings. The molecule has 0 saturated heterocycles. The van der Waals surface area contributed by atoms with E-state index in [1.165, 1.54) is 12.1 Å². The number of amides is 2. The summed E-state index contributed by atoms with van der Waals surface area (Å²) in [6.45, 7) is 2.06. The number of rotatable bonds is 3. The highest BCUT2D eigenvalue weighted by atomic mass is 19.1. The van der Waals surface area contributed by atoms with E-state index in [2.05, 4.69) is 10.6 Å². The molecule has 0 aliphatic rings. The summed E-state index contributed by atoms with van der Waals surface area (Å²) >= 11 is 0. The average Bonchev–Trinajstić information content (AvgIpc) is 2.17. The maximum absolute atomic E-state index is 13.1. The predicted octanol–water partition coefficient (Wildman–Crippen LogP) is 1.88. The molecule has 0 spiro atoms. The fourth-order valence-corrected chi connectivity index (χ4v) is 1.13. The molecular weight excluding hydrogens is 217 g/mol. The summed E-state index contributed by atoms with van der Waals surface area (Å²) in [6, 6.07) is 2.89. The van der Waals surface area contributed by atoms with Gasteiger partial charge in [0.05, 0.1) is 4.92 Å². The Morgan fingerprint density at radius 1 is 1.56 bits per heavy atom. The second-order valence-corrected chi connectivity index (χ2v) is 2.88. The van der Waals surface area contributed by atoms with E-state index < -0.39 is 22.5 Å². The Kier molecular flexibility index (Phi) is 3.76. The van der Waals surface area contributed by atoms with E-state index in [0.29, 0.717) is 6.54 Å². The van der Waals surface area contributed by atoms with E-state index in [1.807, 2.05) is 0 Å². The molecule has 16 heavy (non-hydrogen) atoms. The summed E-state index contributed by atoms with van der Waals surface area (Å²) < 4.78 is 13.1. The number of urea groups is 1. The zero-order valence-electron chi connectivity index (χ0n) is 8.49. The number of nitrogens with zero attached hydrogens (tertiary/aromatic N) is 1. The minimum absolute atomic E-state index is 0.170. The molecule has 0 saturated carbocycles. The van der Waals surface area contributed by atoms with E-state index in [9.17, 15) is 19.3 Å². The van der Waals surface area contributed by atoms with Gasteiger partial charge < -0.3 is 10.6 Å². The van der Waals surface area contributed by atoms with Crippen molar-refractivity contribution in [2.45, 2.75) is 6.92 Å². The summed E-state index contributed by atoms with van der Waals surface area (Å²) in [6.07, 6.45) is 0. The number of carbonyl (C=O) groups excluding carboxylic acids is 1. The van der Waals surface area contributed by atoms with Crippen LogP contribution in [0.5, 0.6) is 0 Å². The van der Waals surface area contributed by atoms with Crippen molar-refractivity contribution in [2.75, 3.05) is 11.9 Å². The van der Waals surface area contributed by atoms with E-state index in [1.54, 1.807) is 6.92 Å². The Morgan fingerprint density at radius 3 is 2.81 bits per heavy atom. The van der Waals surface area contributed by atoms with Gasteiger partial charge in [-0.15, -0.1) is 0 Å². The minimum Gasteiger partial charge on any atom is -0.338 e. The largest absolute Gasteiger partial charge is 0.338 e. The van der Waals surface area contributed by atoms with Gasteiger partial charge in [-0.25, -0.2) is 4.79 Å². The first kappa shape index (κ1) is 11.9. The molecule has 0 aromatic heterocycles. The minimum atomic E-state index is -0.987. The van der Waals surface area contributed by atoms with Crippen molar-refractivity contribution in [3.05, 3.63) is 34.1 Å². The Labute approximate surface area is 90.6 Å². The highest BCUT2D eigenvalue weighted by Gasteiger charge is 2.20. The summed E-state index contributed by atoms with van der Waals surface area (Å²) in [7, 11) is 0. The number of benzene rings is 1. The molecule has 0 radical (unpaired) electrons. The van der Waals surface area contributed by atoms with E-state index >= 15 is 0 Å². The van der Waals surface area contributed by atoms with Gasteiger partial charge in [0.25, 0.3) is 0 Å². The predicted molar refractivity (Wildman–Crippen MR) is 55.7 cm³/mol. The molecule has 6 nitrogen and oxygen atoms in total. The number of para-hydroxylation sites is 1. The molecule has 0 bridgehead atoms. The summed E-state index contributed by atoms with van der Waals surface area (Å²) in [4.78, 5) is 20.8. The van der Waals surface area contributed by atoms with E-state index in [4.69, 9.17) is 0 Å². The van der Waals surface area contributed by atoms with Gasteiger partial charge in [-0.1, -0.05) is 6.07 Å². The van der Waals surface area contributed by atoms with Crippen molar-refractivity contribution in [3.63, 3.8) is 0 Å². The second-order valence-electron chi connectivity index (χ2n) is 2.88. The number of hydrogen-bond acceptors (Lipinski definition) is 3. The first-order valence-electron chi connectivity index (χ1n) is 4.54. The molecule has 0 atom stereocenters. The SMILES string of the molecule is CCNC(=O)Nc1cccc(F)c1[N+](=O)[O-]. The zero-order valence-corrected chi connectivity index (χ0v) is 8.49.